The Kier molecular flexibility index (Phi) is 7.44. The third-order valence-electron chi connectivity index (χ3n) is 11.5. The predicted octanol–water partition coefficient (Wildman–Crippen LogP) is 4.18. The van der Waals surface area contributed by atoms with Gasteiger partial charge in [-0.2, -0.15) is 0 Å². The van der Waals surface area contributed by atoms with Crippen molar-refractivity contribution in [2.45, 2.75) is 105 Å². The molecular weight excluding hydrogens is 496 g/mol. The van der Waals surface area contributed by atoms with Crippen LogP contribution in [0.1, 0.15) is 87.5 Å². The van der Waals surface area contributed by atoms with Gasteiger partial charge in [-0.3, -0.25) is 14.4 Å². The van der Waals surface area contributed by atoms with Crippen LogP contribution >= 0.6 is 0 Å². The quantitative estimate of drug-likeness (QED) is 0.325. The first-order valence-electron chi connectivity index (χ1n) is 14.5. The van der Waals surface area contributed by atoms with E-state index in [1.165, 1.54) is 26.3 Å². The van der Waals surface area contributed by atoms with Crippen LogP contribution in [0.15, 0.2) is 23.8 Å². The summed E-state index contributed by atoms with van der Waals surface area (Å²) in [5, 5.41) is 31.3. The van der Waals surface area contributed by atoms with E-state index in [0.717, 1.165) is 12.8 Å². The molecule has 3 unspecified atom stereocenters. The summed E-state index contributed by atoms with van der Waals surface area (Å²) < 4.78 is 6.12. The molecule has 3 N–H and O–H groups in total. The minimum absolute atomic E-state index is 0.0112. The molecule has 4 aliphatic rings. The lowest BCUT2D eigenvalue weighted by Gasteiger charge is -2.66. The van der Waals surface area contributed by atoms with E-state index < -0.39 is 34.4 Å². The monoisotopic (exact) mass is 544 g/mol. The van der Waals surface area contributed by atoms with Gasteiger partial charge in [0, 0.05) is 24.4 Å². The summed E-state index contributed by atoms with van der Waals surface area (Å²) in [7, 11) is 0. The smallest absolute Gasteiger partial charge is 0.302 e. The zero-order valence-corrected chi connectivity index (χ0v) is 24.9. The SMILES string of the molecule is CC(=O)OC1CC2C(C)(C)C(=O)C=C[C@]2(C)[C@H]2CC[C@@]3(C)C(=CC[C@@H]3[C@H](CO)CC(O)C(=O)C(C)(C)O)[C@]12C. The molecule has 2 fully saturated rings. The number of hydrogen-bond donors (Lipinski definition) is 3. The molecule has 218 valence electrons. The number of aliphatic hydroxyl groups is 3. The number of allylic oxidation sites excluding steroid dienone is 3. The lowest BCUT2D eigenvalue weighted by atomic mass is 9.38. The largest absolute Gasteiger partial charge is 0.462 e. The molecule has 0 bridgehead atoms. The molecule has 7 heteroatoms. The van der Waals surface area contributed by atoms with Crippen molar-refractivity contribution >= 4 is 17.5 Å². The van der Waals surface area contributed by atoms with E-state index in [0.29, 0.717) is 12.8 Å². The van der Waals surface area contributed by atoms with E-state index in [-0.39, 0.29) is 59.3 Å². The van der Waals surface area contributed by atoms with Crippen molar-refractivity contribution in [3.8, 4) is 0 Å². The highest BCUT2D eigenvalue weighted by molar-refractivity contribution is 5.95. The minimum Gasteiger partial charge on any atom is -0.462 e. The van der Waals surface area contributed by atoms with Gasteiger partial charge in [-0.05, 0) is 86.5 Å². The van der Waals surface area contributed by atoms with Crippen LogP contribution in [0.3, 0.4) is 0 Å². The maximum atomic E-state index is 13.0. The van der Waals surface area contributed by atoms with Crippen molar-refractivity contribution in [2.24, 2.45) is 45.3 Å². The predicted molar refractivity (Wildman–Crippen MR) is 147 cm³/mol. The summed E-state index contributed by atoms with van der Waals surface area (Å²) in [5.41, 5.74) is -2.03. The van der Waals surface area contributed by atoms with Crippen molar-refractivity contribution in [1.82, 2.24) is 0 Å². The Morgan fingerprint density at radius 1 is 1.15 bits per heavy atom. The highest BCUT2D eigenvalue weighted by Crippen LogP contribution is 2.72. The molecule has 0 aromatic carbocycles. The molecule has 0 radical (unpaired) electrons. The summed E-state index contributed by atoms with van der Waals surface area (Å²) in [5.74, 6) is -1.04. The average Bonchev–Trinajstić information content (AvgIpc) is 3.18. The molecule has 7 nitrogen and oxygen atoms in total. The number of ether oxygens (including phenoxy) is 1. The van der Waals surface area contributed by atoms with Crippen LogP contribution in [0.2, 0.25) is 0 Å². The molecule has 4 rings (SSSR count). The van der Waals surface area contributed by atoms with E-state index in [2.05, 4.69) is 32.9 Å². The molecule has 0 aromatic heterocycles. The first-order chi connectivity index (χ1) is 17.8. The van der Waals surface area contributed by atoms with Crippen LogP contribution in [-0.2, 0) is 19.1 Å². The topological polar surface area (TPSA) is 121 Å². The zero-order valence-electron chi connectivity index (χ0n) is 24.9. The number of esters is 1. The second-order valence-electron chi connectivity index (χ2n) is 14.5. The van der Waals surface area contributed by atoms with Gasteiger partial charge >= 0.3 is 5.97 Å². The van der Waals surface area contributed by atoms with Crippen LogP contribution < -0.4 is 0 Å². The fourth-order valence-corrected chi connectivity index (χ4v) is 9.53. The van der Waals surface area contributed by atoms with Crippen molar-refractivity contribution in [1.29, 1.82) is 0 Å². The summed E-state index contributed by atoms with van der Waals surface area (Å²) >= 11 is 0. The highest BCUT2D eigenvalue weighted by Gasteiger charge is 2.68. The number of rotatable bonds is 7. The fraction of sp³-hybridized carbons (Fsp3) is 0.781. The standard InChI is InChI=1S/C32H48O7/c1-18(34)39-26-16-24-28(2,3)25(36)12-14-31(24,7)23-11-13-30(6)20(9-10-22(30)32(23,26)8)19(17-33)15-21(35)27(37)29(4,5)38/h10,12,14,19-21,23-24,26,33,35,38H,9,11,13,15-17H2,1-8H3/t19-,20+,21?,23+,24?,26?,30+,31+,32-/m0/s1. The van der Waals surface area contributed by atoms with Crippen LogP contribution in [0.25, 0.3) is 0 Å². The maximum absolute atomic E-state index is 13.0. The Morgan fingerprint density at radius 2 is 1.79 bits per heavy atom. The first kappa shape index (κ1) is 30.1. The molecule has 0 amide bonds. The van der Waals surface area contributed by atoms with E-state index >= 15 is 0 Å². The van der Waals surface area contributed by atoms with Crippen molar-refractivity contribution in [3.05, 3.63) is 23.8 Å². The number of ketones is 2. The Balaban J connectivity index is 1.73. The maximum Gasteiger partial charge on any atom is 0.302 e. The van der Waals surface area contributed by atoms with E-state index in [9.17, 15) is 29.7 Å². The fourth-order valence-electron chi connectivity index (χ4n) is 9.53. The summed E-state index contributed by atoms with van der Waals surface area (Å²) in [6, 6.07) is 0. The molecule has 39 heavy (non-hydrogen) atoms. The second-order valence-corrected chi connectivity index (χ2v) is 14.5. The Hall–Kier alpha value is -1.83. The lowest BCUT2D eigenvalue weighted by molar-refractivity contribution is -0.188. The molecule has 4 aliphatic carbocycles. The van der Waals surface area contributed by atoms with Gasteiger partial charge in [0.05, 0.1) is 0 Å². The van der Waals surface area contributed by atoms with Crippen molar-refractivity contribution in [2.75, 3.05) is 6.61 Å². The second kappa shape index (κ2) is 9.63. The number of fused-ring (bicyclic) bond motifs is 5. The molecule has 0 heterocycles. The van der Waals surface area contributed by atoms with Gasteiger partial charge in [-0.25, -0.2) is 0 Å². The van der Waals surface area contributed by atoms with Crippen molar-refractivity contribution in [3.63, 3.8) is 0 Å². The molecule has 9 atom stereocenters. The Morgan fingerprint density at radius 3 is 2.36 bits per heavy atom. The lowest BCUT2D eigenvalue weighted by Crippen LogP contribution is -2.64. The van der Waals surface area contributed by atoms with Crippen LogP contribution in [0.5, 0.6) is 0 Å². The minimum atomic E-state index is -1.65. The molecule has 0 spiro atoms. The van der Waals surface area contributed by atoms with Gasteiger partial charge in [0.2, 0.25) is 0 Å². The summed E-state index contributed by atoms with van der Waals surface area (Å²) in [6.07, 6.45) is 7.44. The Bertz CT molecular complexity index is 1100. The highest BCUT2D eigenvalue weighted by atomic mass is 16.5. The average molecular weight is 545 g/mol. The van der Waals surface area contributed by atoms with Gasteiger partial charge in [-0.1, -0.05) is 52.3 Å². The van der Waals surface area contributed by atoms with Gasteiger partial charge < -0.3 is 20.1 Å². The molecular formula is C32H48O7. The van der Waals surface area contributed by atoms with E-state index in [1.807, 2.05) is 13.8 Å². The van der Waals surface area contributed by atoms with Gasteiger partial charge in [0.15, 0.2) is 11.6 Å². The molecule has 0 aromatic rings. The van der Waals surface area contributed by atoms with E-state index in [4.69, 9.17) is 4.74 Å². The Labute approximate surface area is 233 Å². The van der Waals surface area contributed by atoms with Gasteiger partial charge in [0.25, 0.3) is 0 Å². The van der Waals surface area contributed by atoms with Gasteiger partial charge in [0.1, 0.15) is 17.8 Å². The number of aliphatic hydroxyl groups excluding tert-OH is 2. The van der Waals surface area contributed by atoms with Crippen LogP contribution in [0, 0.1) is 45.3 Å². The molecule has 2 saturated carbocycles. The summed E-state index contributed by atoms with van der Waals surface area (Å²) in [6.45, 7) is 14.7. The third kappa shape index (κ3) is 4.47. The number of carbonyl (C=O) groups is 3. The number of carbonyl (C=O) groups excluding carboxylic acids is 3. The van der Waals surface area contributed by atoms with E-state index in [1.54, 1.807) is 6.08 Å². The zero-order chi connectivity index (χ0) is 29.3. The van der Waals surface area contributed by atoms with Crippen LogP contribution in [0.4, 0.5) is 0 Å². The molecule has 0 aliphatic heterocycles. The number of hydrogen-bond acceptors (Lipinski definition) is 7. The van der Waals surface area contributed by atoms with Gasteiger partial charge in [-0.15, -0.1) is 0 Å². The third-order valence-corrected chi connectivity index (χ3v) is 11.5. The van der Waals surface area contributed by atoms with Crippen molar-refractivity contribution < 1.29 is 34.4 Å². The number of Topliss-reactive ketones (excluding diaryl/α,β-unsaturated/α-hetero) is 1. The molecule has 0 saturated heterocycles. The normalized spacial score (nSPS) is 40.6. The van der Waals surface area contributed by atoms with Crippen LogP contribution in [-0.4, -0.2) is 57.3 Å². The first-order valence-corrected chi connectivity index (χ1v) is 14.5. The summed E-state index contributed by atoms with van der Waals surface area (Å²) in [4.78, 5) is 37.9.